The molecule has 0 aliphatic carbocycles. The molecule has 1 saturated heterocycles. The van der Waals surface area contributed by atoms with Gasteiger partial charge in [0.25, 0.3) is 5.91 Å². The van der Waals surface area contributed by atoms with Crippen molar-refractivity contribution in [3.8, 4) is 0 Å². The maximum absolute atomic E-state index is 12.1. The number of likely N-dealkylation sites (tertiary alicyclic amines) is 1. The predicted molar refractivity (Wildman–Crippen MR) is 83.3 cm³/mol. The van der Waals surface area contributed by atoms with Crippen molar-refractivity contribution in [1.29, 1.82) is 0 Å². The highest BCUT2D eigenvalue weighted by Crippen LogP contribution is 2.27. The Balaban J connectivity index is 2.03. The number of nitrogens with one attached hydrogen (secondary N) is 2. The number of amides is 1. The quantitative estimate of drug-likeness (QED) is 0.764. The maximum atomic E-state index is 12.1. The minimum Gasteiger partial charge on any atom is -0.382 e. The van der Waals surface area contributed by atoms with Crippen LogP contribution in [-0.2, 0) is 0 Å². The van der Waals surface area contributed by atoms with Crippen molar-refractivity contribution in [2.24, 2.45) is 0 Å². The first kappa shape index (κ1) is 15.1. The fourth-order valence-corrected chi connectivity index (χ4v) is 3.14. The first-order valence-electron chi connectivity index (χ1n) is 6.99. The predicted octanol–water partition coefficient (Wildman–Crippen LogP) is 1.37. The Bertz CT molecular complexity index is 473. The lowest BCUT2D eigenvalue weighted by Crippen LogP contribution is -2.33. The molecular formula is C13H23N5OS. The number of nitrogens with two attached hydrogens (primary N) is 1. The van der Waals surface area contributed by atoms with Crippen LogP contribution in [0.4, 0.5) is 10.8 Å². The van der Waals surface area contributed by atoms with E-state index in [4.69, 9.17) is 5.73 Å². The third-order valence-corrected chi connectivity index (χ3v) is 4.35. The Hall–Kier alpha value is -1.34. The van der Waals surface area contributed by atoms with E-state index in [2.05, 4.69) is 27.0 Å². The van der Waals surface area contributed by atoms with E-state index in [0.29, 0.717) is 17.4 Å². The van der Waals surface area contributed by atoms with Gasteiger partial charge in [-0.1, -0.05) is 0 Å². The number of likely N-dealkylation sites (N-methyl/N-ethyl adjacent to an activating group) is 1. The van der Waals surface area contributed by atoms with Crippen LogP contribution in [0.3, 0.4) is 0 Å². The van der Waals surface area contributed by atoms with E-state index in [9.17, 15) is 4.79 Å². The molecule has 1 aliphatic rings. The highest BCUT2D eigenvalue weighted by molar-refractivity contribution is 7.11. The van der Waals surface area contributed by atoms with Crippen LogP contribution in [0.2, 0.25) is 0 Å². The van der Waals surface area contributed by atoms with Gasteiger partial charge in [0, 0.05) is 18.6 Å². The van der Waals surface area contributed by atoms with Gasteiger partial charge in [-0.2, -0.15) is 4.37 Å². The zero-order chi connectivity index (χ0) is 14.7. The van der Waals surface area contributed by atoms with Crippen LogP contribution < -0.4 is 16.4 Å². The second kappa shape index (κ2) is 6.41. The van der Waals surface area contributed by atoms with Crippen molar-refractivity contribution < 1.29 is 4.79 Å². The summed E-state index contributed by atoms with van der Waals surface area (Å²) in [5.74, 6) is 0.143. The van der Waals surface area contributed by atoms with Gasteiger partial charge in [0.05, 0.1) is 0 Å². The van der Waals surface area contributed by atoms with Crippen molar-refractivity contribution in [1.82, 2.24) is 14.6 Å². The van der Waals surface area contributed by atoms with E-state index in [0.717, 1.165) is 18.1 Å². The topological polar surface area (TPSA) is 83.3 Å². The summed E-state index contributed by atoms with van der Waals surface area (Å²) in [5, 5.41) is 6.96. The summed E-state index contributed by atoms with van der Waals surface area (Å²) < 4.78 is 4.09. The molecule has 0 spiro atoms. The van der Waals surface area contributed by atoms with Gasteiger partial charge in [0.1, 0.15) is 10.6 Å². The summed E-state index contributed by atoms with van der Waals surface area (Å²) in [6, 6.07) is 0.593. The second-order valence-corrected chi connectivity index (χ2v) is 6.33. The molecule has 1 aliphatic heterocycles. The van der Waals surface area contributed by atoms with Crippen LogP contribution in [0.15, 0.2) is 0 Å². The molecule has 6 nitrogen and oxygen atoms in total. The Morgan fingerprint density at radius 2 is 2.35 bits per heavy atom. The standard InChI is InChI=1S/C13H23N5OS/c1-8(2)16-12(19)10-11(14)17-20-13(10)15-7-9-5-4-6-18(9)3/h8-9,15H,4-7H2,1-3H3,(H2,14,17)(H,16,19). The number of hydrogen-bond donors (Lipinski definition) is 3. The van der Waals surface area contributed by atoms with E-state index in [1.807, 2.05) is 13.8 Å². The molecule has 1 aromatic rings. The number of rotatable bonds is 5. The van der Waals surface area contributed by atoms with Gasteiger partial charge in [0.2, 0.25) is 0 Å². The normalized spacial score (nSPS) is 19.5. The van der Waals surface area contributed by atoms with Gasteiger partial charge in [-0.25, -0.2) is 0 Å². The van der Waals surface area contributed by atoms with E-state index < -0.39 is 0 Å². The molecule has 1 amide bonds. The van der Waals surface area contributed by atoms with Gasteiger partial charge in [0.15, 0.2) is 5.82 Å². The first-order chi connectivity index (χ1) is 9.49. The van der Waals surface area contributed by atoms with Crippen molar-refractivity contribution in [3.05, 3.63) is 5.56 Å². The number of hydrogen-bond acceptors (Lipinski definition) is 6. The zero-order valence-electron chi connectivity index (χ0n) is 12.3. The molecule has 0 bridgehead atoms. The van der Waals surface area contributed by atoms with Gasteiger partial charge < -0.3 is 21.3 Å². The molecule has 2 heterocycles. The summed E-state index contributed by atoms with van der Waals surface area (Å²) in [7, 11) is 2.13. The van der Waals surface area contributed by atoms with Crippen LogP contribution >= 0.6 is 11.5 Å². The third kappa shape index (κ3) is 3.40. The fraction of sp³-hybridized carbons (Fsp3) is 0.692. The molecule has 1 aromatic heterocycles. The third-order valence-electron chi connectivity index (χ3n) is 3.54. The number of anilines is 2. The lowest BCUT2D eigenvalue weighted by Gasteiger charge is -2.20. The number of nitrogen functional groups attached to an aromatic ring is 1. The molecule has 4 N–H and O–H groups in total. The molecule has 1 unspecified atom stereocenters. The summed E-state index contributed by atoms with van der Waals surface area (Å²) >= 11 is 1.25. The van der Waals surface area contributed by atoms with E-state index >= 15 is 0 Å². The largest absolute Gasteiger partial charge is 0.382 e. The molecule has 0 aromatic carbocycles. The highest BCUT2D eigenvalue weighted by atomic mass is 32.1. The second-order valence-electron chi connectivity index (χ2n) is 5.56. The molecule has 112 valence electrons. The number of carbonyl (C=O) groups is 1. The van der Waals surface area contributed by atoms with E-state index in [1.54, 1.807) is 0 Å². The lowest BCUT2D eigenvalue weighted by atomic mass is 10.2. The molecule has 1 fully saturated rings. The van der Waals surface area contributed by atoms with Gasteiger partial charge >= 0.3 is 0 Å². The fourth-order valence-electron chi connectivity index (χ4n) is 2.42. The maximum Gasteiger partial charge on any atom is 0.258 e. The Kier molecular flexibility index (Phi) is 4.82. The zero-order valence-corrected chi connectivity index (χ0v) is 13.1. The summed E-state index contributed by atoms with van der Waals surface area (Å²) in [5.41, 5.74) is 6.29. The van der Waals surface area contributed by atoms with Crippen LogP contribution in [0.5, 0.6) is 0 Å². The average molecular weight is 297 g/mol. The van der Waals surface area contributed by atoms with Gasteiger partial charge in [-0.15, -0.1) is 0 Å². The summed E-state index contributed by atoms with van der Waals surface area (Å²) in [4.78, 5) is 14.5. The molecule has 1 atom stereocenters. The summed E-state index contributed by atoms with van der Waals surface area (Å²) in [6.45, 7) is 5.81. The smallest absolute Gasteiger partial charge is 0.258 e. The summed E-state index contributed by atoms with van der Waals surface area (Å²) in [6.07, 6.45) is 2.42. The minimum absolute atomic E-state index is 0.0793. The molecule has 0 radical (unpaired) electrons. The molecule has 0 saturated carbocycles. The number of carbonyl (C=O) groups excluding carboxylic acids is 1. The molecule has 20 heavy (non-hydrogen) atoms. The van der Waals surface area contributed by atoms with Crippen LogP contribution in [0.1, 0.15) is 37.0 Å². The number of nitrogens with zero attached hydrogens (tertiary/aromatic N) is 2. The van der Waals surface area contributed by atoms with E-state index in [1.165, 1.54) is 24.4 Å². The van der Waals surface area contributed by atoms with Gasteiger partial charge in [-0.05, 0) is 51.8 Å². The van der Waals surface area contributed by atoms with Crippen LogP contribution in [-0.4, -0.2) is 47.4 Å². The van der Waals surface area contributed by atoms with Crippen molar-refractivity contribution in [2.75, 3.05) is 31.2 Å². The highest BCUT2D eigenvalue weighted by Gasteiger charge is 2.23. The van der Waals surface area contributed by atoms with Gasteiger partial charge in [-0.3, -0.25) is 4.79 Å². The number of aromatic nitrogens is 1. The minimum atomic E-state index is -0.159. The molecular weight excluding hydrogens is 274 g/mol. The Morgan fingerprint density at radius 3 is 2.95 bits per heavy atom. The Labute approximate surface area is 123 Å². The molecule has 7 heteroatoms. The monoisotopic (exact) mass is 297 g/mol. The van der Waals surface area contributed by atoms with Crippen molar-refractivity contribution >= 4 is 28.3 Å². The average Bonchev–Trinajstić information content (AvgIpc) is 2.92. The lowest BCUT2D eigenvalue weighted by molar-refractivity contribution is 0.0945. The van der Waals surface area contributed by atoms with Crippen LogP contribution in [0, 0.1) is 0 Å². The Morgan fingerprint density at radius 1 is 1.60 bits per heavy atom. The van der Waals surface area contributed by atoms with Crippen LogP contribution in [0.25, 0.3) is 0 Å². The SMILES string of the molecule is CC(C)NC(=O)c1c(N)nsc1NCC1CCCN1C. The van der Waals surface area contributed by atoms with E-state index in [-0.39, 0.29) is 11.9 Å². The van der Waals surface area contributed by atoms with Crippen molar-refractivity contribution in [3.63, 3.8) is 0 Å². The van der Waals surface area contributed by atoms with Crippen molar-refractivity contribution in [2.45, 2.75) is 38.8 Å². The first-order valence-corrected chi connectivity index (χ1v) is 7.76. The molecule has 2 rings (SSSR count).